The Kier molecular flexibility index (Phi) is 5.44. The van der Waals surface area contributed by atoms with Gasteiger partial charge in [0.05, 0.1) is 11.3 Å². The number of fused-ring (bicyclic) bond motifs is 1. The standard InChI is InChI=1S/C21H27F3N4O/c1-13(2)28-11-16-18(12-28)25-26-19(16)20(29)27-9-7-14(8-10-27)15-5-3-4-6-17(15)21(22,23)24/h3-6,13-14,20,29H,7-12H2,1-2H3,(H,25,26). The van der Waals surface area contributed by atoms with Crippen LogP contribution >= 0.6 is 0 Å². The van der Waals surface area contributed by atoms with E-state index >= 15 is 0 Å². The van der Waals surface area contributed by atoms with Crippen LogP contribution in [0.2, 0.25) is 0 Å². The molecule has 0 radical (unpaired) electrons. The fourth-order valence-electron chi connectivity index (χ4n) is 4.50. The quantitative estimate of drug-likeness (QED) is 0.802. The highest BCUT2D eigenvalue weighted by Gasteiger charge is 2.37. The van der Waals surface area contributed by atoms with Crippen LogP contribution in [0.15, 0.2) is 24.3 Å². The number of aromatic amines is 1. The lowest BCUT2D eigenvalue weighted by Crippen LogP contribution is -2.37. The van der Waals surface area contributed by atoms with Gasteiger partial charge in [0.1, 0.15) is 5.69 Å². The zero-order valence-electron chi connectivity index (χ0n) is 16.7. The molecule has 2 N–H and O–H groups in total. The molecule has 3 heterocycles. The second-order valence-electron chi connectivity index (χ2n) is 8.33. The Labute approximate surface area is 168 Å². The highest BCUT2D eigenvalue weighted by atomic mass is 19.4. The number of aliphatic hydroxyl groups excluding tert-OH is 1. The Hall–Kier alpha value is -1.90. The molecule has 1 atom stereocenters. The van der Waals surface area contributed by atoms with Gasteiger partial charge in [-0.15, -0.1) is 0 Å². The maximum absolute atomic E-state index is 13.3. The van der Waals surface area contributed by atoms with Crippen molar-refractivity contribution in [1.29, 1.82) is 0 Å². The average molecular weight is 408 g/mol. The predicted octanol–water partition coefficient (Wildman–Crippen LogP) is 4.02. The van der Waals surface area contributed by atoms with E-state index in [4.69, 9.17) is 0 Å². The lowest BCUT2D eigenvalue weighted by atomic mass is 9.86. The van der Waals surface area contributed by atoms with Gasteiger partial charge in [-0.2, -0.15) is 18.3 Å². The minimum Gasteiger partial charge on any atom is -0.372 e. The number of alkyl halides is 3. The smallest absolute Gasteiger partial charge is 0.372 e. The van der Waals surface area contributed by atoms with Crippen LogP contribution in [0, 0.1) is 0 Å². The molecule has 1 aromatic carbocycles. The van der Waals surface area contributed by atoms with Gasteiger partial charge in [0.25, 0.3) is 0 Å². The first-order valence-electron chi connectivity index (χ1n) is 10.1. The molecule has 0 spiro atoms. The van der Waals surface area contributed by atoms with Gasteiger partial charge in [-0.3, -0.25) is 14.9 Å². The Balaban J connectivity index is 1.44. The van der Waals surface area contributed by atoms with Crippen molar-refractivity contribution in [3.8, 4) is 0 Å². The van der Waals surface area contributed by atoms with E-state index in [1.807, 2.05) is 4.90 Å². The van der Waals surface area contributed by atoms with Crippen molar-refractivity contribution in [2.24, 2.45) is 0 Å². The van der Waals surface area contributed by atoms with Gasteiger partial charge in [0.2, 0.25) is 0 Å². The van der Waals surface area contributed by atoms with Gasteiger partial charge >= 0.3 is 6.18 Å². The molecule has 5 nitrogen and oxygen atoms in total. The highest BCUT2D eigenvalue weighted by Crippen LogP contribution is 2.40. The summed E-state index contributed by atoms with van der Waals surface area (Å²) >= 11 is 0. The molecule has 29 heavy (non-hydrogen) atoms. The van der Waals surface area contributed by atoms with Crippen molar-refractivity contribution in [3.63, 3.8) is 0 Å². The third-order valence-electron chi connectivity index (χ3n) is 6.26. The third kappa shape index (κ3) is 3.93. The number of hydrogen-bond acceptors (Lipinski definition) is 4. The van der Waals surface area contributed by atoms with Crippen LogP contribution in [0.3, 0.4) is 0 Å². The number of hydrogen-bond donors (Lipinski definition) is 2. The molecule has 0 saturated carbocycles. The van der Waals surface area contributed by atoms with E-state index in [1.54, 1.807) is 12.1 Å². The summed E-state index contributed by atoms with van der Waals surface area (Å²) in [5.74, 6) is -0.155. The third-order valence-corrected chi connectivity index (χ3v) is 6.26. The molecule has 4 rings (SSSR count). The molecule has 1 saturated heterocycles. The number of halogens is 3. The fourth-order valence-corrected chi connectivity index (χ4v) is 4.50. The minimum absolute atomic E-state index is 0.155. The number of piperidine rings is 1. The summed E-state index contributed by atoms with van der Waals surface area (Å²) in [6.45, 7) is 6.90. The fraction of sp³-hybridized carbons (Fsp3) is 0.571. The van der Waals surface area contributed by atoms with Crippen molar-refractivity contribution in [3.05, 3.63) is 52.3 Å². The summed E-state index contributed by atoms with van der Waals surface area (Å²) in [5, 5.41) is 18.3. The second kappa shape index (κ2) is 7.74. The maximum Gasteiger partial charge on any atom is 0.416 e. The summed E-state index contributed by atoms with van der Waals surface area (Å²) in [6.07, 6.45) is -4.02. The van der Waals surface area contributed by atoms with Crippen molar-refractivity contribution in [1.82, 2.24) is 20.0 Å². The molecule has 1 unspecified atom stereocenters. The Bertz CT molecular complexity index is 856. The molecule has 2 aromatic rings. The van der Waals surface area contributed by atoms with E-state index in [0.29, 0.717) is 43.2 Å². The van der Waals surface area contributed by atoms with Crippen LogP contribution in [-0.4, -0.2) is 44.2 Å². The van der Waals surface area contributed by atoms with E-state index in [0.717, 1.165) is 30.4 Å². The van der Waals surface area contributed by atoms with Crippen LogP contribution in [0.5, 0.6) is 0 Å². The molecule has 2 aliphatic heterocycles. The molecule has 8 heteroatoms. The first-order chi connectivity index (χ1) is 13.8. The normalized spacial score (nSPS) is 20.4. The number of likely N-dealkylation sites (tertiary alicyclic amines) is 1. The van der Waals surface area contributed by atoms with Gasteiger partial charge < -0.3 is 5.11 Å². The van der Waals surface area contributed by atoms with Crippen LogP contribution in [0.1, 0.15) is 66.9 Å². The first-order valence-corrected chi connectivity index (χ1v) is 10.1. The molecule has 0 bridgehead atoms. The number of aliphatic hydroxyl groups is 1. The average Bonchev–Trinajstić information content (AvgIpc) is 3.28. The number of nitrogens with one attached hydrogen (secondary N) is 1. The minimum atomic E-state index is -4.34. The maximum atomic E-state index is 13.3. The van der Waals surface area contributed by atoms with Crippen molar-refractivity contribution in [2.45, 2.75) is 64.1 Å². The van der Waals surface area contributed by atoms with Crippen LogP contribution < -0.4 is 0 Å². The number of nitrogens with zero attached hydrogens (tertiary/aromatic N) is 3. The van der Waals surface area contributed by atoms with E-state index in [2.05, 4.69) is 28.9 Å². The molecule has 158 valence electrons. The Morgan fingerprint density at radius 2 is 1.79 bits per heavy atom. The summed E-state index contributed by atoms with van der Waals surface area (Å²) in [5.41, 5.74) is 2.56. The van der Waals surface area contributed by atoms with Crippen molar-refractivity contribution < 1.29 is 18.3 Å². The molecule has 1 aromatic heterocycles. The van der Waals surface area contributed by atoms with E-state index in [-0.39, 0.29) is 5.92 Å². The van der Waals surface area contributed by atoms with Crippen molar-refractivity contribution in [2.75, 3.05) is 13.1 Å². The van der Waals surface area contributed by atoms with Crippen molar-refractivity contribution >= 4 is 0 Å². The molecular formula is C21H27F3N4O. The predicted molar refractivity (Wildman–Crippen MR) is 103 cm³/mol. The molecular weight excluding hydrogens is 381 g/mol. The number of rotatable bonds is 4. The number of benzene rings is 1. The molecule has 1 fully saturated rings. The summed E-state index contributed by atoms with van der Waals surface area (Å²) in [4.78, 5) is 4.22. The Morgan fingerprint density at radius 1 is 1.10 bits per heavy atom. The van der Waals surface area contributed by atoms with Crippen LogP contribution in [-0.2, 0) is 19.3 Å². The number of aromatic nitrogens is 2. The molecule has 0 aliphatic carbocycles. The molecule has 0 amide bonds. The Morgan fingerprint density at radius 3 is 2.45 bits per heavy atom. The molecule has 2 aliphatic rings. The second-order valence-corrected chi connectivity index (χ2v) is 8.33. The van der Waals surface area contributed by atoms with E-state index < -0.39 is 18.0 Å². The number of H-pyrrole nitrogens is 1. The summed E-state index contributed by atoms with van der Waals surface area (Å²) < 4.78 is 40.0. The van der Waals surface area contributed by atoms with Gasteiger partial charge in [0.15, 0.2) is 6.23 Å². The van der Waals surface area contributed by atoms with Crippen LogP contribution in [0.4, 0.5) is 13.2 Å². The van der Waals surface area contributed by atoms with Gasteiger partial charge in [-0.25, -0.2) is 0 Å². The highest BCUT2D eigenvalue weighted by molar-refractivity contribution is 5.33. The first kappa shape index (κ1) is 20.4. The summed E-state index contributed by atoms with van der Waals surface area (Å²) in [7, 11) is 0. The van der Waals surface area contributed by atoms with Gasteiger partial charge in [0, 0.05) is 37.8 Å². The lowest BCUT2D eigenvalue weighted by molar-refractivity contribution is -0.138. The zero-order valence-corrected chi connectivity index (χ0v) is 16.7. The van der Waals surface area contributed by atoms with E-state index in [9.17, 15) is 18.3 Å². The zero-order chi connectivity index (χ0) is 20.8. The van der Waals surface area contributed by atoms with Crippen LogP contribution in [0.25, 0.3) is 0 Å². The van der Waals surface area contributed by atoms with Gasteiger partial charge in [-0.1, -0.05) is 18.2 Å². The topological polar surface area (TPSA) is 55.4 Å². The lowest BCUT2D eigenvalue weighted by Gasteiger charge is -2.35. The van der Waals surface area contributed by atoms with E-state index in [1.165, 1.54) is 6.07 Å². The monoisotopic (exact) mass is 408 g/mol. The van der Waals surface area contributed by atoms with Gasteiger partial charge in [-0.05, 0) is 44.2 Å². The summed E-state index contributed by atoms with van der Waals surface area (Å²) in [6, 6.07) is 6.25. The largest absolute Gasteiger partial charge is 0.416 e. The SMILES string of the molecule is CC(C)N1Cc2[nH]nc(C(O)N3CCC(c4ccccc4C(F)(F)F)CC3)c2C1.